The number of hydrogen-bond donors (Lipinski definition) is 1. The molecule has 4 nitrogen and oxygen atoms in total. The van der Waals surface area contributed by atoms with E-state index in [0.29, 0.717) is 16.3 Å². The average Bonchev–Trinajstić information content (AvgIpc) is 2.88. The number of carbonyl (C=O) groups excluding carboxylic acids is 1. The van der Waals surface area contributed by atoms with Crippen molar-refractivity contribution in [2.24, 2.45) is 0 Å². The fourth-order valence-electron chi connectivity index (χ4n) is 1.82. The van der Waals surface area contributed by atoms with E-state index in [0.717, 1.165) is 5.52 Å². The zero-order chi connectivity index (χ0) is 13.2. The molecule has 1 amide bonds. The monoisotopic (exact) mass is 271 g/mol. The molecule has 0 bridgehead atoms. The number of hydrogen-bond acceptors (Lipinski definition) is 2. The number of rotatable bonds is 2. The number of aromatic nitrogens is 2. The first-order valence-corrected chi connectivity index (χ1v) is 6.09. The van der Waals surface area contributed by atoms with E-state index in [1.807, 2.05) is 16.5 Å². The Labute approximate surface area is 114 Å². The molecule has 3 aromatic rings. The summed E-state index contributed by atoms with van der Waals surface area (Å²) in [6.45, 7) is 0. The van der Waals surface area contributed by atoms with E-state index < -0.39 is 0 Å². The van der Waals surface area contributed by atoms with E-state index in [-0.39, 0.29) is 5.91 Å². The topological polar surface area (TPSA) is 46.4 Å². The van der Waals surface area contributed by atoms with Gasteiger partial charge in [0.2, 0.25) is 0 Å². The van der Waals surface area contributed by atoms with Crippen LogP contribution in [0.4, 0.5) is 5.69 Å². The molecule has 94 valence electrons. The van der Waals surface area contributed by atoms with Crippen molar-refractivity contribution >= 4 is 28.7 Å². The van der Waals surface area contributed by atoms with E-state index in [9.17, 15) is 4.79 Å². The molecule has 0 saturated heterocycles. The summed E-state index contributed by atoms with van der Waals surface area (Å²) in [5, 5.41) is 3.30. The van der Waals surface area contributed by atoms with Crippen molar-refractivity contribution < 1.29 is 4.79 Å². The van der Waals surface area contributed by atoms with E-state index >= 15 is 0 Å². The Morgan fingerprint density at radius 3 is 2.95 bits per heavy atom. The van der Waals surface area contributed by atoms with Gasteiger partial charge in [0.25, 0.3) is 5.91 Å². The molecular weight excluding hydrogens is 262 g/mol. The van der Waals surface area contributed by atoms with Gasteiger partial charge in [0, 0.05) is 11.8 Å². The predicted molar refractivity (Wildman–Crippen MR) is 74.6 cm³/mol. The number of halogens is 1. The molecule has 0 radical (unpaired) electrons. The lowest BCUT2D eigenvalue weighted by atomic mass is 10.2. The highest BCUT2D eigenvalue weighted by atomic mass is 35.5. The van der Waals surface area contributed by atoms with Crippen LogP contribution in [-0.2, 0) is 0 Å². The summed E-state index contributed by atoms with van der Waals surface area (Å²) in [4.78, 5) is 16.1. The van der Waals surface area contributed by atoms with Crippen LogP contribution in [0.3, 0.4) is 0 Å². The van der Waals surface area contributed by atoms with Gasteiger partial charge in [-0.15, -0.1) is 0 Å². The number of imidazole rings is 1. The largest absolute Gasteiger partial charge is 0.321 e. The molecule has 0 fully saturated rings. The SMILES string of the molecule is O=C(Nc1ccccc1Cl)c1ccn2cncc2c1. The second-order valence-electron chi connectivity index (χ2n) is 4.08. The summed E-state index contributed by atoms with van der Waals surface area (Å²) in [7, 11) is 0. The normalized spacial score (nSPS) is 10.6. The third-order valence-electron chi connectivity index (χ3n) is 2.80. The average molecular weight is 272 g/mol. The third kappa shape index (κ3) is 2.30. The molecule has 0 saturated carbocycles. The number of pyridine rings is 1. The first-order valence-electron chi connectivity index (χ1n) is 5.71. The minimum atomic E-state index is -0.197. The van der Waals surface area contributed by atoms with E-state index in [1.54, 1.807) is 43.0 Å². The molecule has 2 heterocycles. The quantitative estimate of drug-likeness (QED) is 0.778. The van der Waals surface area contributed by atoms with Gasteiger partial charge < -0.3 is 9.72 Å². The zero-order valence-corrected chi connectivity index (χ0v) is 10.6. The number of nitrogens with zero attached hydrogens (tertiary/aromatic N) is 2. The predicted octanol–water partition coefficient (Wildman–Crippen LogP) is 3.24. The number of benzene rings is 1. The maximum absolute atomic E-state index is 12.1. The zero-order valence-electron chi connectivity index (χ0n) is 9.88. The molecule has 1 aromatic carbocycles. The van der Waals surface area contributed by atoms with Gasteiger partial charge in [-0.3, -0.25) is 4.79 Å². The summed E-state index contributed by atoms with van der Waals surface area (Å²) >= 11 is 6.00. The second kappa shape index (κ2) is 4.74. The van der Waals surface area contributed by atoms with Crippen molar-refractivity contribution in [2.45, 2.75) is 0 Å². The molecule has 5 heteroatoms. The standard InChI is InChI=1S/C14H10ClN3O/c15-12-3-1-2-4-13(12)17-14(19)10-5-6-18-9-16-8-11(18)7-10/h1-9H,(H,17,19). The molecule has 3 rings (SSSR count). The van der Waals surface area contributed by atoms with E-state index in [4.69, 9.17) is 11.6 Å². The van der Waals surface area contributed by atoms with Crippen molar-refractivity contribution in [3.8, 4) is 0 Å². The molecule has 0 aliphatic heterocycles. The van der Waals surface area contributed by atoms with Gasteiger partial charge in [-0.1, -0.05) is 23.7 Å². The van der Waals surface area contributed by atoms with Crippen molar-refractivity contribution in [2.75, 3.05) is 5.32 Å². The van der Waals surface area contributed by atoms with Crippen LogP contribution in [-0.4, -0.2) is 15.3 Å². The van der Waals surface area contributed by atoms with Crippen LogP contribution >= 0.6 is 11.6 Å². The van der Waals surface area contributed by atoms with Crippen LogP contribution in [0.2, 0.25) is 5.02 Å². The van der Waals surface area contributed by atoms with Crippen molar-refractivity contribution in [3.05, 3.63) is 65.7 Å². The Bertz CT molecular complexity index is 751. The lowest BCUT2D eigenvalue weighted by Gasteiger charge is -2.07. The highest BCUT2D eigenvalue weighted by molar-refractivity contribution is 6.33. The van der Waals surface area contributed by atoms with Crippen LogP contribution in [0.5, 0.6) is 0 Å². The maximum Gasteiger partial charge on any atom is 0.255 e. The Kier molecular flexibility index (Phi) is 2.93. The molecule has 2 aromatic heterocycles. The maximum atomic E-state index is 12.1. The third-order valence-corrected chi connectivity index (χ3v) is 3.13. The lowest BCUT2D eigenvalue weighted by molar-refractivity contribution is 0.102. The number of anilines is 1. The number of amides is 1. The van der Waals surface area contributed by atoms with Gasteiger partial charge in [-0.25, -0.2) is 4.98 Å². The minimum Gasteiger partial charge on any atom is -0.321 e. The van der Waals surface area contributed by atoms with E-state index in [2.05, 4.69) is 10.3 Å². The van der Waals surface area contributed by atoms with Gasteiger partial charge in [-0.2, -0.15) is 0 Å². The highest BCUT2D eigenvalue weighted by Crippen LogP contribution is 2.21. The number of nitrogens with one attached hydrogen (secondary N) is 1. The summed E-state index contributed by atoms with van der Waals surface area (Å²) in [5.74, 6) is -0.197. The van der Waals surface area contributed by atoms with Crippen molar-refractivity contribution in [1.29, 1.82) is 0 Å². The first-order chi connectivity index (χ1) is 9.24. The van der Waals surface area contributed by atoms with Crippen LogP contribution in [0.15, 0.2) is 55.1 Å². The summed E-state index contributed by atoms with van der Waals surface area (Å²) in [6, 6.07) is 10.6. The molecule has 0 unspecified atom stereocenters. The number of fused-ring (bicyclic) bond motifs is 1. The molecule has 0 atom stereocenters. The Balaban J connectivity index is 1.89. The molecular formula is C14H10ClN3O. The van der Waals surface area contributed by atoms with Gasteiger partial charge in [0.15, 0.2) is 0 Å². The minimum absolute atomic E-state index is 0.197. The summed E-state index contributed by atoms with van der Waals surface area (Å²) in [5.41, 5.74) is 2.03. The first kappa shape index (κ1) is 11.7. The number of carbonyl (C=O) groups is 1. The van der Waals surface area contributed by atoms with Gasteiger partial charge in [0.05, 0.1) is 28.8 Å². The van der Waals surface area contributed by atoms with E-state index in [1.165, 1.54) is 0 Å². The van der Waals surface area contributed by atoms with Gasteiger partial charge in [0.1, 0.15) is 0 Å². The highest BCUT2D eigenvalue weighted by Gasteiger charge is 2.08. The molecule has 0 spiro atoms. The fraction of sp³-hybridized carbons (Fsp3) is 0. The van der Waals surface area contributed by atoms with Gasteiger partial charge in [-0.05, 0) is 24.3 Å². The van der Waals surface area contributed by atoms with Crippen LogP contribution < -0.4 is 5.32 Å². The van der Waals surface area contributed by atoms with Crippen molar-refractivity contribution in [1.82, 2.24) is 9.38 Å². The van der Waals surface area contributed by atoms with Gasteiger partial charge >= 0.3 is 0 Å². The molecule has 1 N–H and O–H groups in total. The Morgan fingerprint density at radius 2 is 2.11 bits per heavy atom. The van der Waals surface area contributed by atoms with Crippen molar-refractivity contribution in [3.63, 3.8) is 0 Å². The molecule has 19 heavy (non-hydrogen) atoms. The summed E-state index contributed by atoms with van der Waals surface area (Å²) in [6.07, 6.45) is 5.18. The van der Waals surface area contributed by atoms with Crippen LogP contribution in [0.1, 0.15) is 10.4 Å². The lowest BCUT2D eigenvalue weighted by Crippen LogP contribution is -2.12. The van der Waals surface area contributed by atoms with Crippen LogP contribution in [0, 0.1) is 0 Å². The Morgan fingerprint density at radius 1 is 1.26 bits per heavy atom. The van der Waals surface area contributed by atoms with Crippen LogP contribution in [0.25, 0.3) is 5.52 Å². The molecule has 0 aliphatic rings. The molecule has 0 aliphatic carbocycles. The summed E-state index contributed by atoms with van der Waals surface area (Å²) < 4.78 is 1.84. The second-order valence-corrected chi connectivity index (χ2v) is 4.48. The Hall–Kier alpha value is -2.33. The fourth-order valence-corrected chi connectivity index (χ4v) is 2.00. The smallest absolute Gasteiger partial charge is 0.255 e. The number of para-hydroxylation sites is 1.